The summed E-state index contributed by atoms with van der Waals surface area (Å²) >= 11 is 1.66. The summed E-state index contributed by atoms with van der Waals surface area (Å²) in [6, 6.07) is 3.95. The highest BCUT2D eigenvalue weighted by atomic mass is 32.2. The Morgan fingerprint density at radius 1 is 1.57 bits per heavy atom. The molecule has 1 rings (SSSR count). The van der Waals surface area contributed by atoms with Crippen molar-refractivity contribution in [2.24, 2.45) is 11.7 Å². The van der Waals surface area contributed by atoms with Gasteiger partial charge >= 0.3 is 0 Å². The SMILES string of the molecule is CC(CO)CSc1ccc(CN)cn1. The van der Waals surface area contributed by atoms with E-state index in [4.69, 9.17) is 10.8 Å². The van der Waals surface area contributed by atoms with E-state index in [0.29, 0.717) is 12.5 Å². The molecule has 0 aromatic carbocycles. The van der Waals surface area contributed by atoms with Crippen LogP contribution in [-0.2, 0) is 6.54 Å². The first-order valence-electron chi connectivity index (χ1n) is 4.65. The van der Waals surface area contributed by atoms with Gasteiger partial charge in [0.25, 0.3) is 0 Å². The fourth-order valence-electron chi connectivity index (χ4n) is 0.897. The molecule has 1 atom stereocenters. The molecule has 3 nitrogen and oxygen atoms in total. The minimum absolute atomic E-state index is 0.230. The van der Waals surface area contributed by atoms with Gasteiger partial charge < -0.3 is 10.8 Å². The molecule has 3 N–H and O–H groups in total. The van der Waals surface area contributed by atoms with Crippen LogP contribution in [0.3, 0.4) is 0 Å². The van der Waals surface area contributed by atoms with Crippen LogP contribution in [0.25, 0.3) is 0 Å². The fourth-order valence-corrected chi connectivity index (χ4v) is 1.75. The number of aromatic nitrogens is 1. The van der Waals surface area contributed by atoms with E-state index in [1.165, 1.54) is 0 Å². The van der Waals surface area contributed by atoms with Gasteiger partial charge in [-0.2, -0.15) is 0 Å². The number of aliphatic hydroxyl groups is 1. The number of nitrogens with zero attached hydrogens (tertiary/aromatic N) is 1. The first-order chi connectivity index (χ1) is 6.76. The Balaban J connectivity index is 2.43. The molecule has 14 heavy (non-hydrogen) atoms. The highest BCUT2D eigenvalue weighted by Crippen LogP contribution is 2.18. The van der Waals surface area contributed by atoms with Crippen molar-refractivity contribution in [3.63, 3.8) is 0 Å². The van der Waals surface area contributed by atoms with Gasteiger partial charge in [0.05, 0.1) is 5.03 Å². The van der Waals surface area contributed by atoms with E-state index in [0.717, 1.165) is 16.3 Å². The van der Waals surface area contributed by atoms with Gasteiger partial charge in [0.15, 0.2) is 0 Å². The molecular weight excluding hydrogens is 196 g/mol. The molecule has 0 aliphatic rings. The minimum Gasteiger partial charge on any atom is -0.396 e. The standard InChI is InChI=1S/C10H16N2OS/c1-8(6-13)7-14-10-3-2-9(4-11)5-12-10/h2-3,5,8,13H,4,6-7,11H2,1H3. The lowest BCUT2D eigenvalue weighted by Gasteiger charge is -2.06. The van der Waals surface area contributed by atoms with Gasteiger partial charge in [-0.15, -0.1) is 11.8 Å². The maximum atomic E-state index is 8.84. The van der Waals surface area contributed by atoms with E-state index in [-0.39, 0.29) is 6.61 Å². The van der Waals surface area contributed by atoms with Crippen LogP contribution in [0.1, 0.15) is 12.5 Å². The van der Waals surface area contributed by atoms with Crippen molar-refractivity contribution in [2.75, 3.05) is 12.4 Å². The Kier molecular flexibility index (Phi) is 4.93. The van der Waals surface area contributed by atoms with Crippen LogP contribution in [0.5, 0.6) is 0 Å². The molecule has 1 heterocycles. The Morgan fingerprint density at radius 2 is 2.36 bits per heavy atom. The Labute approximate surface area is 88.7 Å². The Morgan fingerprint density at radius 3 is 2.86 bits per heavy atom. The van der Waals surface area contributed by atoms with E-state index in [9.17, 15) is 0 Å². The topological polar surface area (TPSA) is 59.1 Å². The van der Waals surface area contributed by atoms with E-state index < -0.39 is 0 Å². The summed E-state index contributed by atoms with van der Waals surface area (Å²) in [5, 5.41) is 9.83. The molecule has 0 radical (unpaired) electrons. The van der Waals surface area contributed by atoms with Gasteiger partial charge in [-0.1, -0.05) is 13.0 Å². The first-order valence-corrected chi connectivity index (χ1v) is 5.63. The molecule has 0 amide bonds. The number of hydrogen-bond donors (Lipinski definition) is 2. The van der Waals surface area contributed by atoms with Gasteiger partial charge in [0.1, 0.15) is 0 Å². The molecule has 1 aromatic rings. The zero-order valence-corrected chi connectivity index (χ0v) is 9.13. The number of nitrogens with two attached hydrogens (primary N) is 1. The molecule has 0 aliphatic heterocycles. The molecule has 0 saturated carbocycles. The highest BCUT2D eigenvalue weighted by molar-refractivity contribution is 7.99. The van der Waals surface area contributed by atoms with Crippen molar-refractivity contribution in [1.82, 2.24) is 4.98 Å². The predicted octanol–water partition coefficient (Wildman–Crippen LogP) is 1.26. The average Bonchev–Trinajstić information content (AvgIpc) is 2.26. The van der Waals surface area contributed by atoms with E-state index in [1.807, 2.05) is 19.1 Å². The summed E-state index contributed by atoms with van der Waals surface area (Å²) in [5.74, 6) is 1.21. The number of thioether (sulfide) groups is 1. The van der Waals surface area contributed by atoms with Gasteiger partial charge in [-0.05, 0) is 17.5 Å². The first kappa shape index (κ1) is 11.5. The van der Waals surface area contributed by atoms with Crippen molar-refractivity contribution in [2.45, 2.75) is 18.5 Å². The smallest absolute Gasteiger partial charge is 0.0960 e. The molecule has 1 unspecified atom stereocenters. The molecule has 1 aromatic heterocycles. The van der Waals surface area contributed by atoms with Crippen molar-refractivity contribution in [3.8, 4) is 0 Å². The lowest BCUT2D eigenvalue weighted by Crippen LogP contribution is -2.03. The van der Waals surface area contributed by atoms with Crippen molar-refractivity contribution in [3.05, 3.63) is 23.9 Å². The third-order valence-electron chi connectivity index (χ3n) is 1.86. The minimum atomic E-state index is 0.230. The molecule has 0 bridgehead atoms. The molecule has 0 spiro atoms. The molecular formula is C10H16N2OS. The third-order valence-corrected chi connectivity index (χ3v) is 3.13. The molecule has 0 aliphatic carbocycles. The van der Waals surface area contributed by atoms with Gasteiger partial charge in [0, 0.05) is 25.1 Å². The summed E-state index contributed by atoms with van der Waals surface area (Å²) < 4.78 is 0. The van der Waals surface area contributed by atoms with Gasteiger partial charge in [-0.3, -0.25) is 0 Å². The predicted molar refractivity (Wildman–Crippen MR) is 59.1 cm³/mol. The lowest BCUT2D eigenvalue weighted by atomic mass is 10.2. The van der Waals surface area contributed by atoms with Crippen LogP contribution in [-0.4, -0.2) is 22.5 Å². The second-order valence-corrected chi connectivity index (χ2v) is 4.35. The van der Waals surface area contributed by atoms with Crippen molar-refractivity contribution >= 4 is 11.8 Å². The summed E-state index contributed by atoms with van der Waals surface area (Å²) in [6.07, 6.45) is 1.80. The number of hydrogen-bond acceptors (Lipinski definition) is 4. The zero-order valence-electron chi connectivity index (χ0n) is 8.31. The van der Waals surface area contributed by atoms with Gasteiger partial charge in [0.2, 0.25) is 0 Å². The van der Waals surface area contributed by atoms with E-state index in [1.54, 1.807) is 18.0 Å². The summed E-state index contributed by atoms with van der Waals surface area (Å²) in [4.78, 5) is 4.26. The number of rotatable bonds is 5. The number of aliphatic hydroxyl groups excluding tert-OH is 1. The largest absolute Gasteiger partial charge is 0.396 e. The van der Waals surface area contributed by atoms with Crippen LogP contribution >= 0.6 is 11.8 Å². The summed E-state index contributed by atoms with van der Waals surface area (Å²) in [7, 11) is 0. The Bertz CT molecular complexity index is 263. The van der Waals surface area contributed by atoms with Crippen LogP contribution in [0.2, 0.25) is 0 Å². The molecule has 0 fully saturated rings. The fraction of sp³-hybridized carbons (Fsp3) is 0.500. The molecule has 0 saturated heterocycles. The highest BCUT2D eigenvalue weighted by Gasteiger charge is 2.02. The quantitative estimate of drug-likeness (QED) is 0.721. The second kappa shape index (κ2) is 6.01. The average molecular weight is 212 g/mol. The van der Waals surface area contributed by atoms with Crippen LogP contribution in [0, 0.1) is 5.92 Å². The second-order valence-electron chi connectivity index (χ2n) is 3.31. The zero-order chi connectivity index (χ0) is 10.4. The van der Waals surface area contributed by atoms with Crippen LogP contribution in [0.15, 0.2) is 23.4 Å². The normalized spacial score (nSPS) is 12.8. The summed E-state index contributed by atoms with van der Waals surface area (Å²) in [5.41, 5.74) is 6.51. The number of pyridine rings is 1. The van der Waals surface area contributed by atoms with E-state index in [2.05, 4.69) is 4.98 Å². The molecule has 78 valence electrons. The van der Waals surface area contributed by atoms with Crippen molar-refractivity contribution < 1.29 is 5.11 Å². The van der Waals surface area contributed by atoms with Crippen LogP contribution < -0.4 is 5.73 Å². The monoisotopic (exact) mass is 212 g/mol. The Hall–Kier alpha value is -0.580. The molecule has 4 heteroatoms. The summed E-state index contributed by atoms with van der Waals surface area (Å²) in [6.45, 7) is 2.78. The lowest BCUT2D eigenvalue weighted by molar-refractivity contribution is 0.250. The van der Waals surface area contributed by atoms with Crippen molar-refractivity contribution in [1.29, 1.82) is 0 Å². The van der Waals surface area contributed by atoms with E-state index >= 15 is 0 Å². The van der Waals surface area contributed by atoms with Gasteiger partial charge in [-0.25, -0.2) is 4.98 Å². The maximum Gasteiger partial charge on any atom is 0.0960 e. The van der Waals surface area contributed by atoms with Crippen LogP contribution in [0.4, 0.5) is 0 Å². The third kappa shape index (κ3) is 3.65. The maximum absolute atomic E-state index is 8.84.